The van der Waals surface area contributed by atoms with Gasteiger partial charge in [-0.3, -0.25) is 4.79 Å². The van der Waals surface area contributed by atoms with Crippen LogP contribution in [0.4, 0.5) is 0 Å². The predicted molar refractivity (Wildman–Crippen MR) is 69.8 cm³/mol. The van der Waals surface area contributed by atoms with Gasteiger partial charge in [-0.05, 0) is 23.9 Å². The van der Waals surface area contributed by atoms with Gasteiger partial charge in [-0.2, -0.15) is 0 Å². The lowest BCUT2D eigenvalue weighted by atomic mass is 10.1. The second kappa shape index (κ2) is 6.37. The molecule has 1 aromatic heterocycles. The summed E-state index contributed by atoms with van der Waals surface area (Å²) in [7, 11) is 0. The molecule has 1 amide bonds. The van der Waals surface area contributed by atoms with Gasteiger partial charge in [0.2, 0.25) is 0 Å². The van der Waals surface area contributed by atoms with Crippen molar-refractivity contribution >= 4 is 40.0 Å². The molecule has 0 spiro atoms. The van der Waals surface area contributed by atoms with Gasteiger partial charge in [0.15, 0.2) is 0 Å². The summed E-state index contributed by atoms with van der Waals surface area (Å²) >= 11 is 3.46. The molecule has 0 aliphatic carbocycles. The number of nitrogens with one attached hydrogen (secondary N) is 1. The molecule has 0 fully saturated rings. The van der Waals surface area contributed by atoms with Crippen LogP contribution in [0.25, 0.3) is 0 Å². The van der Waals surface area contributed by atoms with Crippen molar-refractivity contribution in [2.45, 2.75) is 26.2 Å². The minimum atomic E-state index is -0.0430. The zero-order valence-electron chi connectivity index (χ0n) is 8.79. The molecule has 0 aliphatic rings. The number of aromatic nitrogens is 2. The molecule has 0 radical (unpaired) electrons. The van der Waals surface area contributed by atoms with Gasteiger partial charge in [-0.25, -0.2) is 0 Å². The summed E-state index contributed by atoms with van der Waals surface area (Å²) in [6.07, 6.45) is 0.996. The Morgan fingerprint density at radius 3 is 2.93 bits per heavy atom. The number of amides is 1. The molecule has 0 saturated carbocycles. The molecular weight excluding hydrogens is 325 g/mol. The van der Waals surface area contributed by atoms with E-state index in [2.05, 4.69) is 37.5 Å². The summed E-state index contributed by atoms with van der Waals surface area (Å²) in [4.78, 5) is 12.4. The monoisotopic (exact) mass is 339 g/mol. The molecule has 1 heterocycles. The van der Waals surface area contributed by atoms with Crippen LogP contribution < -0.4 is 5.32 Å². The molecule has 4 nitrogen and oxygen atoms in total. The average molecular weight is 339 g/mol. The number of hydrogen-bond donors (Lipinski definition) is 1. The van der Waals surface area contributed by atoms with Gasteiger partial charge < -0.3 is 5.32 Å². The molecule has 0 aliphatic heterocycles. The van der Waals surface area contributed by atoms with E-state index in [4.69, 9.17) is 0 Å². The van der Waals surface area contributed by atoms with Crippen molar-refractivity contribution in [3.8, 4) is 0 Å². The second-order valence-corrected chi connectivity index (χ2v) is 5.27. The molecule has 0 unspecified atom stereocenters. The Labute approximate surface area is 107 Å². The highest BCUT2D eigenvalue weighted by Gasteiger charge is 2.17. The lowest BCUT2D eigenvalue weighted by Gasteiger charge is -2.04. The first-order valence-electron chi connectivity index (χ1n) is 4.83. The Morgan fingerprint density at radius 2 is 2.33 bits per heavy atom. The SMILES string of the molecule is CC(C)c1nnsc1C(=O)NCCCI. The summed E-state index contributed by atoms with van der Waals surface area (Å²) in [5.41, 5.74) is 0.798. The minimum Gasteiger partial charge on any atom is -0.351 e. The van der Waals surface area contributed by atoms with E-state index in [0.717, 1.165) is 23.1 Å². The van der Waals surface area contributed by atoms with Crippen LogP contribution in [0.15, 0.2) is 0 Å². The van der Waals surface area contributed by atoms with Crippen LogP contribution in [-0.4, -0.2) is 26.5 Å². The summed E-state index contributed by atoms with van der Waals surface area (Å²) < 4.78 is 4.87. The van der Waals surface area contributed by atoms with E-state index in [1.54, 1.807) is 0 Å². The molecule has 84 valence electrons. The zero-order chi connectivity index (χ0) is 11.3. The maximum atomic E-state index is 11.7. The normalized spacial score (nSPS) is 10.7. The van der Waals surface area contributed by atoms with Crippen molar-refractivity contribution in [2.75, 3.05) is 11.0 Å². The third-order valence-electron chi connectivity index (χ3n) is 1.86. The number of alkyl halides is 1. The van der Waals surface area contributed by atoms with Gasteiger partial charge in [-0.1, -0.05) is 40.9 Å². The molecule has 15 heavy (non-hydrogen) atoms. The van der Waals surface area contributed by atoms with Gasteiger partial charge in [0.05, 0.1) is 5.69 Å². The van der Waals surface area contributed by atoms with Crippen LogP contribution in [-0.2, 0) is 0 Å². The second-order valence-electron chi connectivity index (χ2n) is 3.44. The Morgan fingerprint density at radius 1 is 1.60 bits per heavy atom. The fraction of sp³-hybridized carbons (Fsp3) is 0.667. The average Bonchev–Trinajstić information content (AvgIpc) is 2.66. The lowest BCUT2D eigenvalue weighted by molar-refractivity contribution is 0.0956. The van der Waals surface area contributed by atoms with Crippen LogP contribution >= 0.6 is 34.1 Å². The highest BCUT2D eigenvalue weighted by molar-refractivity contribution is 14.1. The first kappa shape index (κ1) is 12.8. The topological polar surface area (TPSA) is 54.9 Å². The molecule has 0 saturated heterocycles. The van der Waals surface area contributed by atoms with E-state index in [9.17, 15) is 4.79 Å². The lowest BCUT2D eigenvalue weighted by Crippen LogP contribution is -2.25. The van der Waals surface area contributed by atoms with E-state index in [1.807, 2.05) is 13.8 Å². The highest BCUT2D eigenvalue weighted by Crippen LogP contribution is 2.19. The largest absolute Gasteiger partial charge is 0.351 e. The van der Waals surface area contributed by atoms with Crippen LogP contribution in [0.1, 0.15) is 41.6 Å². The van der Waals surface area contributed by atoms with Crippen molar-refractivity contribution < 1.29 is 4.79 Å². The van der Waals surface area contributed by atoms with Gasteiger partial charge in [0, 0.05) is 11.0 Å². The number of rotatable bonds is 5. The summed E-state index contributed by atoms with van der Waals surface area (Å²) in [5, 5.41) is 6.84. The van der Waals surface area contributed by atoms with Gasteiger partial charge in [-0.15, -0.1) is 5.10 Å². The summed E-state index contributed by atoms with van der Waals surface area (Å²) in [6, 6.07) is 0. The third kappa shape index (κ3) is 3.67. The standard InChI is InChI=1S/C9H14IN3OS/c1-6(2)7-8(15-13-12-7)9(14)11-5-3-4-10/h6H,3-5H2,1-2H3,(H,11,14). The van der Waals surface area contributed by atoms with Gasteiger partial charge in [0.1, 0.15) is 4.88 Å². The number of hydrogen-bond acceptors (Lipinski definition) is 4. The Hall–Kier alpha value is -0.240. The molecule has 0 aromatic carbocycles. The predicted octanol–water partition coefficient (Wildman–Crippen LogP) is 2.22. The van der Waals surface area contributed by atoms with Crippen LogP contribution in [0.2, 0.25) is 0 Å². The van der Waals surface area contributed by atoms with Crippen LogP contribution in [0.5, 0.6) is 0 Å². The van der Waals surface area contributed by atoms with E-state index in [-0.39, 0.29) is 11.8 Å². The molecule has 0 atom stereocenters. The maximum absolute atomic E-state index is 11.7. The van der Waals surface area contributed by atoms with Crippen molar-refractivity contribution in [1.29, 1.82) is 0 Å². The van der Waals surface area contributed by atoms with Crippen LogP contribution in [0, 0.1) is 0 Å². The number of nitrogens with zero attached hydrogens (tertiary/aromatic N) is 2. The molecule has 6 heteroatoms. The van der Waals surface area contributed by atoms with Gasteiger partial charge in [0.25, 0.3) is 5.91 Å². The Bertz CT molecular complexity index is 327. The third-order valence-corrected chi connectivity index (χ3v) is 3.37. The quantitative estimate of drug-likeness (QED) is 0.508. The number of halogens is 1. The fourth-order valence-electron chi connectivity index (χ4n) is 1.08. The summed E-state index contributed by atoms with van der Waals surface area (Å²) in [5.74, 6) is 0.202. The van der Waals surface area contributed by atoms with E-state index in [1.165, 1.54) is 11.5 Å². The molecular formula is C9H14IN3OS. The van der Waals surface area contributed by atoms with E-state index >= 15 is 0 Å². The molecule has 1 aromatic rings. The summed E-state index contributed by atoms with van der Waals surface area (Å²) in [6.45, 7) is 4.74. The number of carbonyl (C=O) groups excluding carboxylic acids is 1. The number of carbonyl (C=O) groups is 1. The van der Waals surface area contributed by atoms with Crippen molar-refractivity contribution in [3.63, 3.8) is 0 Å². The fourth-order valence-corrected chi connectivity index (χ4v) is 2.20. The zero-order valence-corrected chi connectivity index (χ0v) is 11.8. The van der Waals surface area contributed by atoms with Crippen molar-refractivity contribution in [1.82, 2.24) is 14.9 Å². The van der Waals surface area contributed by atoms with Crippen molar-refractivity contribution in [3.05, 3.63) is 10.6 Å². The molecule has 1 rings (SSSR count). The van der Waals surface area contributed by atoms with Crippen LogP contribution in [0.3, 0.4) is 0 Å². The Balaban J connectivity index is 2.61. The van der Waals surface area contributed by atoms with Gasteiger partial charge >= 0.3 is 0 Å². The smallest absolute Gasteiger partial charge is 0.264 e. The maximum Gasteiger partial charge on any atom is 0.264 e. The molecule has 1 N–H and O–H groups in total. The van der Waals surface area contributed by atoms with E-state index in [0.29, 0.717) is 4.88 Å². The van der Waals surface area contributed by atoms with Crippen molar-refractivity contribution in [2.24, 2.45) is 0 Å². The molecule has 0 bridgehead atoms. The minimum absolute atomic E-state index is 0.0430. The first-order chi connectivity index (χ1) is 7.16. The van der Waals surface area contributed by atoms with E-state index < -0.39 is 0 Å². The highest BCUT2D eigenvalue weighted by atomic mass is 127. The first-order valence-corrected chi connectivity index (χ1v) is 7.13. The Kier molecular flexibility index (Phi) is 5.44.